The maximum absolute atomic E-state index is 14.5. The van der Waals surface area contributed by atoms with Crippen molar-refractivity contribution in [3.63, 3.8) is 0 Å². The average molecular weight is 612 g/mol. The molecule has 234 valence electrons. The number of nitriles is 1. The van der Waals surface area contributed by atoms with Gasteiger partial charge in [0, 0.05) is 67.6 Å². The van der Waals surface area contributed by atoms with E-state index >= 15 is 0 Å². The fourth-order valence-electron chi connectivity index (χ4n) is 7.52. The van der Waals surface area contributed by atoms with Gasteiger partial charge in [0.05, 0.1) is 23.2 Å². The second-order valence-corrected chi connectivity index (χ2v) is 13.7. The molecule has 7 rings (SSSR count). The molecule has 2 aliphatic heterocycles. The molecule has 2 aromatic heterocycles. The standard InChI is InChI=1S/C34H38FN7O3/c1-21(2)42(23-11-33(3,12-23)17-36)32(43)25-10-22(35)4-5-28(25)45-30-16-38-20-40-31(30)41-18-34(19-41)13-24(14-34)44-29-7-9-39-27-6-8-37-15-26(27)29/h4-5,7,9-10,16,20-21,23-24,37H,6,8,11-15,18-19H2,1-3H3. The van der Waals surface area contributed by atoms with Gasteiger partial charge in [-0.3, -0.25) is 9.78 Å². The van der Waals surface area contributed by atoms with Gasteiger partial charge in [0.2, 0.25) is 0 Å². The van der Waals surface area contributed by atoms with Crippen LogP contribution < -0.4 is 19.7 Å². The Kier molecular flexibility index (Phi) is 7.35. The number of ether oxygens (including phenoxy) is 2. The summed E-state index contributed by atoms with van der Waals surface area (Å²) in [6, 6.07) is 8.08. The Morgan fingerprint density at radius 3 is 2.71 bits per heavy atom. The molecule has 0 atom stereocenters. The SMILES string of the molecule is CC(C)N(C(=O)c1cc(F)ccc1Oc1cncnc1N1CC2(CC(Oc3ccnc4c3CNCC4)C2)C1)C1CC(C)(C#N)C1. The van der Waals surface area contributed by atoms with E-state index in [9.17, 15) is 14.4 Å². The van der Waals surface area contributed by atoms with Crippen LogP contribution in [0, 0.1) is 28.0 Å². The Morgan fingerprint density at radius 1 is 1.16 bits per heavy atom. The van der Waals surface area contributed by atoms with Gasteiger partial charge < -0.3 is 24.6 Å². The highest BCUT2D eigenvalue weighted by atomic mass is 19.1. The lowest BCUT2D eigenvalue weighted by molar-refractivity contribution is -0.0349. The molecule has 10 nitrogen and oxygen atoms in total. The van der Waals surface area contributed by atoms with Crippen molar-refractivity contribution in [2.24, 2.45) is 10.8 Å². The number of anilines is 1. The summed E-state index contributed by atoms with van der Waals surface area (Å²) in [6.07, 6.45) is 9.09. The molecule has 1 saturated heterocycles. The molecule has 1 N–H and O–H groups in total. The first kappa shape index (κ1) is 29.4. The molecule has 4 aliphatic rings. The third kappa shape index (κ3) is 5.46. The summed E-state index contributed by atoms with van der Waals surface area (Å²) in [4.78, 5) is 31.0. The Balaban J connectivity index is 1.03. The second-order valence-electron chi connectivity index (χ2n) is 13.7. The van der Waals surface area contributed by atoms with Crippen LogP contribution in [-0.2, 0) is 13.0 Å². The zero-order valence-corrected chi connectivity index (χ0v) is 25.9. The molecule has 1 amide bonds. The third-order valence-electron chi connectivity index (χ3n) is 9.79. The lowest BCUT2D eigenvalue weighted by Crippen LogP contribution is -2.65. The van der Waals surface area contributed by atoms with E-state index in [1.807, 2.05) is 33.0 Å². The number of pyridine rings is 1. The number of aromatic nitrogens is 3. The van der Waals surface area contributed by atoms with E-state index in [4.69, 9.17) is 9.47 Å². The van der Waals surface area contributed by atoms with Crippen LogP contribution in [0.25, 0.3) is 0 Å². The lowest BCUT2D eigenvalue weighted by Gasteiger charge is -2.59. The normalized spacial score (nSPS) is 23.3. The Morgan fingerprint density at radius 2 is 1.96 bits per heavy atom. The van der Waals surface area contributed by atoms with Gasteiger partial charge in [0.15, 0.2) is 11.6 Å². The largest absolute Gasteiger partial charge is 0.490 e. The zero-order chi connectivity index (χ0) is 31.3. The number of benzene rings is 1. The van der Waals surface area contributed by atoms with Gasteiger partial charge in [0.25, 0.3) is 5.91 Å². The van der Waals surface area contributed by atoms with Crippen LogP contribution in [0.3, 0.4) is 0 Å². The maximum Gasteiger partial charge on any atom is 0.258 e. The number of hydrogen-bond acceptors (Lipinski definition) is 9. The van der Waals surface area contributed by atoms with Gasteiger partial charge in [-0.2, -0.15) is 5.26 Å². The van der Waals surface area contributed by atoms with E-state index in [0.29, 0.717) is 24.4 Å². The highest BCUT2D eigenvalue weighted by molar-refractivity contribution is 5.97. The molecule has 3 aromatic rings. The lowest BCUT2D eigenvalue weighted by atomic mass is 9.61. The summed E-state index contributed by atoms with van der Waals surface area (Å²) in [6.45, 7) is 9.12. The molecule has 11 heteroatoms. The van der Waals surface area contributed by atoms with Crippen molar-refractivity contribution in [3.05, 3.63) is 65.6 Å². The number of rotatable bonds is 8. The topological polar surface area (TPSA) is 116 Å². The highest BCUT2D eigenvalue weighted by Crippen LogP contribution is 2.52. The average Bonchev–Trinajstić information content (AvgIpc) is 2.98. The van der Waals surface area contributed by atoms with Crippen LogP contribution in [0.4, 0.5) is 10.2 Å². The number of hydrogen-bond donors (Lipinski definition) is 1. The predicted molar refractivity (Wildman–Crippen MR) is 164 cm³/mol. The molecule has 0 unspecified atom stereocenters. The van der Waals surface area contributed by atoms with Crippen molar-refractivity contribution in [1.82, 2.24) is 25.2 Å². The summed E-state index contributed by atoms with van der Waals surface area (Å²) < 4.78 is 27.2. The number of halogens is 1. The summed E-state index contributed by atoms with van der Waals surface area (Å²) in [5.41, 5.74) is 2.14. The van der Waals surface area contributed by atoms with E-state index in [2.05, 4.69) is 31.2 Å². The first-order valence-corrected chi connectivity index (χ1v) is 15.8. The minimum absolute atomic E-state index is 0.0953. The molecule has 45 heavy (non-hydrogen) atoms. The first-order chi connectivity index (χ1) is 21.7. The van der Waals surface area contributed by atoms with Gasteiger partial charge in [-0.15, -0.1) is 0 Å². The maximum atomic E-state index is 14.5. The smallest absolute Gasteiger partial charge is 0.258 e. The summed E-state index contributed by atoms with van der Waals surface area (Å²) in [5.74, 6) is 1.39. The van der Waals surface area contributed by atoms with Gasteiger partial charge in [0.1, 0.15) is 29.7 Å². The second kappa shape index (κ2) is 11.2. The number of amides is 1. The first-order valence-electron chi connectivity index (χ1n) is 15.8. The van der Waals surface area contributed by atoms with Crippen LogP contribution in [0.15, 0.2) is 43.0 Å². The van der Waals surface area contributed by atoms with Crippen molar-refractivity contribution in [2.75, 3.05) is 24.5 Å². The van der Waals surface area contributed by atoms with Crippen molar-refractivity contribution in [1.29, 1.82) is 5.26 Å². The molecular formula is C34H38FN7O3. The predicted octanol–water partition coefficient (Wildman–Crippen LogP) is 5.04. The third-order valence-corrected chi connectivity index (χ3v) is 9.79. The number of nitrogens with one attached hydrogen (secondary N) is 1. The van der Waals surface area contributed by atoms with Crippen LogP contribution in [0.2, 0.25) is 0 Å². The van der Waals surface area contributed by atoms with Crippen LogP contribution >= 0.6 is 0 Å². The van der Waals surface area contributed by atoms with E-state index in [1.165, 1.54) is 30.1 Å². The molecule has 0 bridgehead atoms. The molecular weight excluding hydrogens is 573 g/mol. The monoisotopic (exact) mass is 611 g/mol. The van der Waals surface area contributed by atoms with Crippen LogP contribution in [0.5, 0.6) is 17.2 Å². The zero-order valence-electron chi connectivity index (χ0n) is 25.9. The van der Waals surface area contributed by atoms with Crippen molar-refractivity contribution in [3.8, 4) is 23.3 Å². The van der Waals surface area contributed by atoms with Crippen LogP contribution in [-0.4, -0.2) is 63.6 Å². The summed E-state index contributed by atoms with van der Waals surface area (Å²) in [5, 5.41) is 12.9. The van der Waals surface area contributed by atoms with Crippen molar-refractivity contribution in [2.45, 2.75) is 77.6 Å². The van der Waals surface area contributed by atoms with E-state index in [0.717, 1.165) is 56.9 Å². The molecule has 0 radical (unpaired) electrons. The summed E-state index contributed by atoms with van der Waals surface area (Å²) in [7, 11) is 0. The molecule has 1 aromatic carbocycles. The molecule has 4 heterocycles. The quantitative estimate of drug-likeness (QED) is 0.374. The van der Waals surface area contributed by atoms with Gasteiger partial charge in [-0.25, -0.2) is 14.4 Å². The van der Waals surface area contributed by atoms with Gasteiger partial charge >= 0.3 is 0 Å². The minimum Gasteiger partial charge on any atom is -0.490 e. The highest BCUT2D eigenvalue weighted by Gasteiger charge is 2.54. The van der Waals surface area contributed by atoms with Crippen molar-refractivity contribution >= 4 is 11.7 Å². The molecule has 3 fully saturated rings. The van der Waals surface area contributed by atoms with Crippen molar-refractivity contribution < 1.29 is 18.7 Å². The Bertz CT molecular complexity index is 1650. The van der Waals surface area contributed by atoms with Crippen LogP contribution in [0.1, 0.15) is 68.1 Å². The fourth-order valence-corrected chi connectivity index (χ4v) is 7.52. The Labute approximate surface area is 262 Å². The molecule has 2 aliphatic carbocycles. The number of fused-ring (bicyclic) bond motifs is 1. The number of carbonyl (C=O) groups excluding carboxylic acids is 1. The van der Waals surface area contributed by atoms with E-state index in [-0.39, 0.29) is 40.8 Å². The minimum atomic E-state index is -0.524. The molecule has 2 saturated carbocycles. The summed E-state index contributed by atoms with van der Waals surface area (Å²) >= 11 is 0. The van der Waals surface area contributed by atoms with Gasteiger partial charge in [-0.1, -0.05) is 0 Å². The Hall–Kier alpha value is -4.30. The van der Waals surface area contributed by atoms with E-state index in [1.54, 1.807) is 11.1 Å². The van der Waals surface area contributed by atoms with Gasteiger partial charge in [-0.05, 0) is 70.7 Å². The molecule has 1 spiro atoms. The fraction of sp³-hybridized carbons (Fsp3) is 0.500. The number of nitrogens with zero attached hydrogens (tertiary/aromatic N) is 6. The number of carbonyl (C=O) groups is 1. The van der Waals surface area contributed by atoms with E-state index < -0.39 is 11.2 Å².